The molecule has 3 aromatic carbocycles. The molecule has 1 aliphatic carbocycles. The summed E-state index contributed by atoms with van der Waals surface area (Å²) in [7, 11) is 0. The molecule has 0 saturated carbocycles. The van der Waals surface area contributed by atoms with Crippen molar-refractivity contribution in [2.75, 3.05) is 0 Å². The van der Waals surface area contributed by atoms with E-state index in [4.69, 9.17) is 4.99 Å². The summed E-state index contributed by atoms with van der Waals surface area (Å²) < 4.78 is 39.0. The van der Waals surface area contributed by atoms with Crippen molar-refractivity contribution in [3.05, 3.63) is 95.1 Å². The number of halogens is 3. The van der Waals surface area contributed by atoms with Gasteiger partial charge in [0.25, 0.3) is 0 Å². The highest BCUT2D eigenvalue weighted by atomic mass is 32.2. The second-order valence-electron chi connectivity index (χ2n) is 7.09. The number of benzene rings is 3. The van der Waals surface area contributed by atoms with E-state index in [0.29, 0.717) is 0 Å². The predicted molar refractivity (Wildman–Crippen MR) is 106 cm³/mol. The maximum Gasteiger partial charge on any atom is 0.416 e. The molecule has 3 aromatic rings. The minimum atomic E-state index is -4.32. The van der Waals surface area contributed by atoms with Crippen LogP contribution >= 0.6 is 11.8 Å². The molecule has 1 nitrogen and oxygen atoms in total. The van der Waals surface area contributed by atoms with Gasteiger partial charge in [-0.25, -0.2) is 0 Å². The summed E-state index contributed by atoms with van der Waals surface area (Å²) in [4.78, 5) is 6.05. The maximum atomic E-state index is 13.0. The minimum absolute atomic E-state index is 0.0112. The van der Waals surface area contributed by atoms with E-state index in [2.05, 4.69) is 12.1 Å². The van der Waals surface area contributed by atoms with Crippen LogP contribution < -0.4 is 0 Å². The van der Waals surface area contributed by atoms with E-state index in [1.165, 1.54) is 17.7 Å². The molecule has 0 aromatic heterocycles. The number of thioether (sulfide) groups is 1. The first-order valence-electron chi connectivity index (χ1n) is 9.10. The molecule has 0 amide bonds. The lowest BCUT2D eigenvalue weighted by molar-refractivity contribution is -0.137. The molecule has 140 valence electrons. The van der Waals surface area contributed by atoms with Gasteiger partial charge in [0.05, 0.1) is 17.0 Å². The molecule has 5 rings (SSSR count). The highest BCUT2D eigenvalue weighted by Crippen LogP contribution is 2.51. The second-order valence-corrected chi connectivity index (χ2v) is 8.27. The molecule has 0 fully saturated rings. The third-order valence-electron chi connectivity index (χ3n) is 5.38. The van der Waals surface area contributed by atoms with Crippen molar-refractivity contribution in [2.45, 2.75) is 22.7 Å². The number of aliphatic imine (C=N–C) groups is 1. The Balaban J connectivity index is 1.63. The molecule has 2 aliphatic rings. The van der Waals surface area contributed by atoms with Crippen LogP contribution in [0.5, 0.6) is 0 Å². The van der Waals surface area contributed by atoms with Gasteiger partial charge in [0, 0.05) is 16.1 Å². The Morgan fingerprint density at radius 3 is 2.36 bits per heavy atom. The van der Waals surface area contributed by atoms with Crippen LogP contribution in [-0.4, -0.2) is 5.71 Å². The number of nitrogens with zero attached hydrogens (tertiary/aromatic N) is 1. The van der Waals surface area contributed by atoms with Crippen molar-refractivity contribution >= 4 is 23.2 Å². The van der Waals surface area contributed by atoms with Crippen molar-refractivity contribution < 1.29 is 13.2 Å². The Bertz CT molecular complexity index is 1070. The Morgan fingerprint density at radius 1 is 0.857 bits per heavy atom. The Hall–Kier alpha value is -2.53. The zero-order valence-corrected chi connectivity index (χ0v) is 15.6. The van der Waals surface area contributed by atoms with Crippen LogP contribution in [0.4, 0.5) is 18.9 Å². The smallest absolute Gasteiger partial charge is 0.251 e. The molecule has 2 atom stereocenters. The Kier molecular flexibility index (Phi) is 4.09. The number of hydrogen-bond acceptors (Lipinski definition) is 2. The van der Waals surface area contributed by atoms with Gasteiger partial charge in [-0.1, -0.05) is 48.5 Å². The lowest BCUT2D eigenvalue weighted by Crippen LogP contribution is -2.17. The van der Waals surface area contributed by atoms with Crippen LogP contribution in [0.2, 0.25) is 0 Å². The molecule has 0 spiro atoms. The molecule has 1 heterocycles. The van der Waals surface area contributed by atoms with E-state index < -0.39 is 11.7 Å². The van der Waals surface area contributed by atoms with Gasteiger partial charge in [-0.05, 0) is 47.4 Å². The molecule has 0 unspecified atom stereocenters. The van der Waals surface area contributed by atoms with E-state index in [1.807, 2.05) is 36.4 Å². The van der Waals surface area contributed by atoms with Crippen molar-refractivity contribution in [2.24, 2.45) is 10.9 Å². The third kappa shape index (κ3) is 2.94. The van der Waals surface area contributed by atoms with Crippen molar-refractivity contribution in [3.63, 3.8) is 0 Å². The van der Waals surface area contributed by atoms with Gasteiger partial charge in [-0.3, -0.25) is 4.99 Å². The highest BCUT2D eigenvalue weighted by molar-refractivity contribution is 7.99. The van der Waals surface area contributed by atoms with Crippen LogP contribution in [0.1, 0.15) is 27.5 Å². The van der Waals surface area contributed by atoms with Gasteiger partial charge in [-0.2, -0.15) is 13.2 Å². The predicted octanol–water partition coefficient (Wildman–Crippen LogP) is 6.85. The van der Waals surface area contributed by atoms with E-state index in [-0.39, 0.29) is 11.2 Å². The summed E-state index contributed by atoms with van der Waals surface area (Å²) >= 11 is 1.70. The largest absolute Gasteiger partial charge is 0.416 e. The molecule has 0 bridgehead atoms. The molecular weight excluding hydrogens is 379 g/mol. The molecule has 28 heavy (non-hydrogen) atoms. The number of rotatable bonds is 1. The zero-order chi connectivity index (χ0) is 19.3. The summed E-state index contributed by atoms with van der Waals surface area (Å²) in [5.74, 6) is 0.131. The van der Waals surface area contributed by atoms with E-state index in [1.54, 1.807) is 23.9 Å². The lowest BCUT2D eigenvalue weighted by Gasteiger charge is -2.23. The minimum Gasteiger partial charge on any atom is -0.251 e. The fourth-order valence-electron chi connectivity index (χ4n) is 4.04. The number of hydrogen-bond donors (Lipinski definition) is 0. The topological polar surface area (TPSA) is 12.4 Å². The van der Waals surface area contributed by atoms with Crippen LogP contribution in [0.3, 0.4) is 0 Å². The first-order chi connectivity index (χ1) is 13.5. The standard InChI is InChI=1S/C23H16F3NS/c24-23(25,26)16-11-9-14(10-12-16)22-18-13-15-5-1-2-6-17(15)21(18)27-19-7-3-4-8-20(19)28-22/h1-12,18,22H,13H2/t18-,22-/m1/s1. The van der Waals surface area contributed by atoms with Crippen LogP contribution in [0.15, 0.2) is 82.7 Å². The third-order valence-corrected chi connectivity index (χ3v) is 6.83. The average Bonchev–Trinajstić information content (AvgIpc) is 2.96. The Labute approximate surface area is 165 Å². The van der Waals surface area contributed by atoms with Crippen LogP contribution in [0.25, 0.3) is 0 Å². The second kappa shape index (κ2) is 6.52. The van der Waals surface area contributed by atoms with Gasteiger partial charge in [0.15, 0.2) is 0 Å². The molecule has 0 N–H and O–H groups in total. The molecular formula is C23H16F3NS. The highest BCUT2D eigenvalue weighted by Gasteiger charge is 2.38. The van der Waals surface area contributed by atoms with E-state index in [0.717, 1.165) is 33.8 Å². The molecule has 5 heteroatoms. The first-order valence-corrected chi connectivity index (χ1v) is 9.98. The van der Waals surface area contributed by atoms with Crippen LogP contribution in [0, 0.1) is 5.92 Å². The maximum absolute atomic E-state index is 13.0. The van der Waals surface area contributed by atoms with Crippen molar-refractivity contribution in [3.8, 4) is 0 Å². The quantitative estimate of drug-likeness (QED) is 0.439. The summed E-state index contributed by atoms with van der Waals surface area (Å²) in [6.07, 6.45) is -3.47. The fraction of sp³-hybridized carbons (Fsp3) is 0.174. The van der Waals surface area contributed by atoms with Crippen molar-refractivity contribution in [1.82, 2.24) is 0 Å². The van der Waals surface area contributed by atoms with E-state index in [9.17, 15) is 13.2 Å². The number of fused-ring (bicyclic) bond motifs is 4. The van der Waals surface area contributed by atoms with E-state index >= 15 is 0 Å². The summed E-state index contributed by atoms with van der Waals surface area (Å²) in [5, 5.41) is 0.0112. The zero-order valence-electron chi connectivity index (χ0n) is 14.8. The summed E-state index contributed by atoms with van der Waals surface area (Å²) in [6, 6.07) is 21.9. The van der Waals surface area contributed by atoms with Gasteiger partial charge < -0.3 is 0 Å². The normalized spacial score (nSPS) is 20.6. The van der Waals surface area contributed by atoms with Crippen LogP contribution in [-0.2, 0) is 12.6 Å². The number of para-hydroxylation sites is 1. The fourth-order valence-corrected chi connectivity index (χ4v) is 5.38. The Morgan fingerprint density at radius 2 is 1.57 bits per heavy atom. The molecule has 1 aliphatic heterocycles. The molecule has 0 radical (unpaired) electrons. The summed E-state index contributed by atoms with van der Waals surface area (Å²) in [5.41, 5.74) is 4.67. The van der Waals surface area contributed by atoms with Crippen molar-refractivity contribution in [1.29, 1.82) is 0 Å². The van der Waals surface area contributed by atoms with Gasteiger partial charge >= 0.3 is 6.18 Å². The van der Waals surface area contributed by atoms with Gasteiger partial charge in [-0.15, -0.1) is 11.8 Å². The monoisotopic (exact) mass is 395 g/mol. The van der Waals surface area contributed by atoms with Gasteiger partial charge in [0.2, 0.25) is 0 Å². The average molecular weight is 395 g/mol. The SMILES string of the molecule is FC(F)(F)c1ccc([C@H]2Sc3ccccc3N=C3c4ccccc4C[C@H]32)cc1. The molecule has 0 saturated heterocycles. The van der Waals surface area contributed by atoms with Gasteiger partial charge in [0.1, 0.15) is 0 Å². The number of alkyl halides is 3. The lowest BCUT2D eigenvalue weighted by atomic mass is 9.93. The first kappa shape index (κ1) is 17.6. The summed E-state index contributed by atoms with van der Waals surface area (Å²) in [6.45, 7) is 0.